The highest BCUT2D eigenvalue weighted by atomic mass is 32.2. The Morgan fingerprint density at radius 1 is 0.978 bits per heavy atom. The van der Waals surface area contributed by atoms with Gasteiger partial charge in [-0.1, -0.05) is 18.2 Å². The van der Waals surface area contributed by atoms with Gasteiger partial charge in [0.1, 0.15) is 27.6 Å². The van der Waals surface area contributed by atoms with Gasteiger partial charge in [0.05, 0.1) is 23.4 Å². The Morgan fingerprint density at radius 3 is 2.49 bits per heavy atom. The molecule has 242 valence electrons. The molecule has 10 nitrogen and oxygen atoms in total. The minimum Gasteiger partial charge on any atom is -0.363 e. The van der Waals surface area contributed by atoms with E-state index in [0.29, 0.717) is 92.7 Å². The summed E-state index contributed by atoms with van der Waals surface area (Å²) in [6.07, 6.45) is 3.94. The van der Waals surface area contributed by atoms with Gasteiger partial charge in [0, 0.05) is 36.2 Å². The van der Waals surface area contributed by atoms with Crippen LogP contribution in [0.25, 0.3) is 11.0 Å². The second-order valence-corrected chi connectivity index (χ2v) is 15.0. The third-order valence-corrected chi connectivity index (χ3v) is 11.3. The van der Waals surface area contributed by atoms with Gasteiger partial charge >= 0.3 is 0 Å². The van der Waals surface area contributed by atoms with E-state index in [9.17, 15) is 18.0 Å². The van der Waals surface area contributed by atoms with Crippen molar-refractivity contribution < 1.29 is 22.0 Å². The number of alkyl halides is 2. The number of piperidine rings is 1. The number of hydrogen-bond donors (Lipinski definition) is 2. The van der Waals surface area contributed by atoms with Crippen molar-refractivity contribution in [3.63, 3.8) is 0 Å². The van der Waals surface area contributed by atoms with Gasteiger partial charge in [-0.05, 0) is 82.2 Å². The molecule has 2 aromatic heterocycles. The van der Waals surface area contributed by atoms with Crippen molar-refractivity contribution in [2.45, 2.75) is 69.9 Å². The third-order valence-electron chi connectivity index (χ3n) is 9.63. The molecule has 4 aliphatic rings. The monoisotopic (exact) mass is 642 g/mol. The number of anilines is 1. The summed E-state index contributed by atoms with van der Waals surface area (Å²) in [5.74, 6) is -3.69. The number of aryl methyl sites for hydroxylation is 1. The second kappa shape index (κ2) is 12.7. The largest absolute Gasteiger partial charge is 0.363 e. The Kier molecular flexibility index (Phi) is 8.93. The van der Waals surface area contributed by atoms with Gasteiger partial charge in [0.2, 0.25) is 5.91 Å². The first-order valence-electron chi connectivity index (χ1n) is 15.8. The molecule has 0 spiro atoms. The number of amides is 1. The molecule has 0 unspecified atom stereocenters. The average Bonchev–Trinajstić information content (AvgIpc) is 3.02. The molecule has 1 aromatic carbocycles. The van der Waals surface area contributed by atoms with Crippen LogP contribution >= 0.6 is 0 Å². The zero-order chi connectivity index (χ0) is 31.8. The van der Waals surface area contributed by atoms with Crippen LogP contribution in [0.2, 0.25) is 0 Å². The van der Waals surface area contributed by atoms with Crippen LogP contribution in [-0.2, 0) is 27.1 Å². The number of halogens is 2. The van der Waals surface area contributed by atoms with Crippen molar-refractivity contribution in [3.8, 4) is 0 Å². The number of hydrogen-bond acceptors (Lipinski definition) is 8. The van der Waals surface area contributed by atoms with Crippen molar-refractivity contribution >= 4 is 32.6 Å². The number of nitrogens with one attached hydrogen (secondary N) is 2. The van der Waals surface area contributed by atoms with Crippen molar-refractivity contribution in [1.82, 2.24) is 24.8 Å². The van der Waals surface area contributed by atoms with Crippen LogP contribution in [-0.4, -0.2) is 71.4 Å². The smallest absolute Gasteiger partial charge is 0.276 e. The standard InChI is InChI=1S/C32H40F2N6O4S/c1-21-23-5-4-6-25(17-23)32(33,34)24-7-13-39(14-8-24)19-28(41)35-11-2-3-12-40-30-27(29(38-21)36-20-37-30)18-26(31(40)42)22-9-15-45(43,44)16-10-22/h4-6,17-18,20-22,24H,2-3,7-16,19H2,1H3,(H,35,41)(H,36,37,38)/t21-/m1/s1. The zero-order valence-electron chi connectivity index (χ0n) is 25.5. The highest BCUT2D eigenvalue weighted by molar-refractivity contribution is 7.91. The average molecular weight is 643 g/mol. The predicted octanol–water partition coefficient (Wildman–Crippen LogP) is 3.97. The fourth-order valence-corrected chi connectivity index (χ4v) is 8.39. The van der Waals surface area contributed by atoms with Gasteiger partial charge in [-0.15, -0.1) is 0 Å². The molecule has 1 atom stereocenters. The molecule has 4 aliphatic heterocycles. The van der Waals surface area contributed by atoms with Crippen molar-refractivity contribution in [3.05, 3.63) is 63.7 Å². The Morgan fingerprint density at radius 2 is 1.73 bits per heavy atom. The minimum atomic E-state index is -3.13. The van der Waals surface area contributed by atoms with E-state index in [1.54, 1.807) is 28.8 Å². The topological polar surface area (TPSA) is 126 Å². The molecular formula is C32H40F2N6O4S. The maximum Gasteiger partial charge on any atom is 0.276 e. The van der Waals surface area contributed by atoms with Crippen LogP contribution in [0.3, 0.4) is 0 Å². The van der Waals surface area contributed by atoms with E-state index in [2.05, 4.69) is 20.6 Å². The predicted molar refractivity (Wildman–Crippen MR) is 168 cm³/mol. The molecule has 3 aromatic rings. The van der Waals surface area contributed by atoms with Gasteiger partial charge < -0.3 is 10.6 Å². The summed E-state index contributed by atoms with van der Waals surface area (Å²) in [6, 6.07) is 7.86. The minimum absolute atomic E-state index is 0.0293. The highest BCUT2D eigenvalue weighted by Gasteiger charge is 2.43. The van der Waals surface area contributed by atoms with Gasteiger partial charge in [-0.2, -0.15) is 0 Å². The van der Waals surface area contributed by atoms with E-state index in [0.717, 1.165) is 0 Å². The van der Waals surface area contributed by atoms with Gasteiger partial charge in [-0.25, -0.2) is 27.2 Å². The van der Waals surface area contributed by atoms with E-state index in [1.165, 1.54) is 12.4 Å². The van der Waals surface area contributed by atoms with Crippen LogP contribution in [0, 0.1) is 5.92 Å². The molecule has 2 fully saturated rings. The molecule has 13 heteroatoms. The SMILES string of the molecule is C[C@H]1Nc2ncnc3c2cc(C2CCS(=O)(=O)CC2)c(=O)n3CCCCNC(=O)CN2CCC(CC2)C(F)(F)c2cccc1c2. The lowest BCUT2D eigenvalue weighted by Crippen LogP contribution is -2.44. The molecule has 6 heterocycles. The Hall–Kier alpha value is -3.45. The van der Waals surface area contributed by atoms with Crippen molar-refractivity contribution in [2.75, 3.05) is 43.0 Å². The van der Waals surface area contributed by atoms with Crippen molar-refractivity contribution in [1.29, 1.82) is 0 Å². The van der Waals surface area contributed by atoms with Crippen LogP contribution in [0.4, 0.5) is 14.6 Å². The number of carbonyl (C=O) groups excluding carboxylic acids is 1. The van der Waals surface area contributed by atoms with Crippen LogP contribution < -0.4 is 16.2 Å². The lowest BCUT2D eigenvalue weighted by molar-refractivity contribution is -0.123. The molecule has 7 rings (SSSR count). The van der Waals surface area contributed by atoms with Gasteiger partial charge in [0.15, 0.2) is 0 Å². The first-order valence-corrected chi connectivity index (χ1v) is 17.7. The number of nitrogens with zero attached hydrogens (tertiary/aromatic N) is 4. The molecule has 2 saturated heterocycles. The van der Waals surface area contributed by atoms with E-state index in [1.807, 2.05) is 11.8 Å². The molecule has 8 bridgehead atoms. The Labute approximate surface area is 261 Å². The van der Waals surface area contributed by atoms with Crippen molar-refractivity contribution in [2.24, 2.45) is 5.92 Å². The fraction of sp³-hybridized carbons (Fsp3) is 0.562. The number of aromatic nitrogens is 3. The van der Waals surface area contributed by atoms with E-state index < -0.39 is 27.7 Å². The number of benzene rings is 1. The molecule has 0 aliphatic carbocycles. The summed E-state index contributed by atoms with van der Waals surface area (Å²) in [5, 5.41) is 6.92. The molecule has 0 radical (unpaired) electrons. The lowest BCUT2D eigenvalue weighted by atomic mass is 9.85. The van der Waals surface area contributed by atoms with Crippen LogP contribution in [0.1, 0.15) is 74.1 Å². The summed E-state index contributed by atoms with van der Waals surface area (Å²) >= 11 is 0. The Balaban J connectivity index is 1.40. The molecular weight excluding hydrogens is 602 g/mol. The third kappa shape index (κ3) is 6.74. The number of sulfone groups is 1. The molecule has 45 heavy (non-hydrogen) atoms. The lowest BCUT2D eigenvalue weighted by Gasteiger charge is -2.36. The first-order chi connectivity index (χ1) is 21.5. The van der Waals surface area contributed by atoms with E-state index in [4.69, 9.17) is 0 Å². The summed E-state index contributed by atoms with van der Waals surface area (Å²) in [5.41, 5.74) is 1.40. The first kappa shape index (κ1) is 31.5. The van der Waals surface area contributed by atoms with Gasteiger partial charge in [-0.3, -0.25) is 19.1 Å². The zero-order valence-corrected chi connectivity index (χ0v) is 26.3. The quantitative estimate of drug-likeness (QED) is 0.409. The molecule has 0 saturated carbocycles. The highest BCUT2D eigenvalue weighted by Crippen LogP contribution is 2.42. The summed E-state index contributed by atoms with van der Waals surface area (Å²) in [4.78, 5) is 37.4. The molecule has 2 N–H and O–H groups in total. The van der Waals surface area contributed by atoms with Crippen LogP contribution in [0.15, 0.2) is 41.5 Å². The summed E-state index contributed by atoms with van der Waals surface area (Å²) in [7, 11) is -3.13. The Bertz CT molecular complexity index is 1730. The number of rotatable bonds is 1. The normalized spacial score (nSPS) is 26.1. The van der Waals surface area contributed by atoms with E-state index in [-0.39, 0.29) is 41.0 Å². The number of carbonyl (C=O) groups is 1. The summed E-state index contributed by atoms with van der Waals surface area (Å²) in [6.45, 7) is 3.70. The molecule has 1 amide bonds. The van der Waals surface area contributed by atoms with Crippen LogP contribution in [0.5, 0.6) is 0 Å². The number of fused-ring (bicyclic) bond motifs is 9. The fourth-order valence-electron chi connectivity index (χ4n) is 6.89. The van der Waals surface area contributed by atoms with E-state index >= 15 is 8.78 Å². The number of pyridine rings is 1. The van der Waals surface area contributed by atoms with Gasteiger partial charge in [0.25, 0.3) is 11.5 Å². The maximum atomic E-state index is 15.8. The second-order valence-electron chi connectivity index (χ2n) is 12.7. The summed E-state index contributed by atoms with van der Waals surface area (Å²) < 4.78 is 57.6. The maximum absolute atomic E-state index is 15.8.